The lowest BCUT2D eigenvalue weighted by Crippen LogP contribution is -2.52. The third-order valence-electron chi connectivity index (χ3n) is 4.60. The lowest BCUT2D eigenvalue weighted by molar-refractivity contribution is 0.207. The Hall–Kier alpha value is -2.38. The second-order valence-corrected chi connectivity index (χ2v) is 7.93. The molecule has 2 aromatic rings. The van der Waals surface area contributed by atoms with Crippen molar-refractivity contribution in [3.63, 3.8) is 0 Å². The third-order valence-corrected chi connectivity index (χ3v) is 4.90. The topological polar surface area (TPSA) is 76.9 Å². The molecule has 7 nitrogen and oxygen atoms in total. The van der Waals surface area contributed by atoms with Crippen molar-refractivity contribution in [2.24, 2.45) is 4.99 Å². The van der Waals surface area contributed by atoms with Crippen molar-refractivity contribution < 1.29 is 5.21 Å². The summed E-state index contributed by atoms with van der Waals surface area (Å²) in [6.07, 6.45) is 1.58. The molecule has 3 rings (SSSR count). The number of nitrogens with one attached hydrogen (secondary N) is 1. The van der Waals surface area contributed by atoms with Crippen LogP contribution in [-0.2, 0) is 5.41 Å². The Balaban J connectivity index is 1.68. The van der Waals surface area contributed by atoms with Crippen LogP contribution in [0.3, 0.4) is 0 Å². The molecule has 1 aliphatic rings. The smallest absolute Gasteiger partial charge is 0.223 e. The molecule has 27 heavy (non-hydrogen) atoms. The van der Waals surface area contributed by atoms with Gasteiger partial charge in [-0.1, -0.05) is 44.5 Å². The Bertz CT molecular complexity index is 795. The summed E-state index contributed by atoms with van der Waals surface area (Å²) in [4.78, 5) is 8.63. The lowest BCUT2D eigenvalue weighted by Gasteiger charge is -2.36. The fourth-order valence-corrected chi connectivity index (χ4v) is 3.19. The average Bonchev–Trinajstić information content (AvgIpc) is 2.66. The maximum atomic E-state index is 9.57. The summed E-state index contributed by atoms with van der Waals surface area (Å²) in [5, 5.41) is 18.2. The largest absolute Gasteiger partial charge is 0.350 e. The summed E-state index contributed by atoms with van der Waals surface area (Å²) in [5.74, 6) is 1.12. The minimum atomic E-state index is 0.0955. The molecule has 8 heteroatoms. The highest BCUT2D eigenvalue weighted by atomic mass is 35.5. The minimum absolute atomic E-state index is 0.0955. The number of nitrogens with zero attached hydrogens (tertiary/aromatic N) is 5. The van der Waals surface area contributed by atoms with Crippen molar-refractivity contribution >= 4 is 29.1 Å². The summed E-state index contributed by atoms with van der Waals surface area (Å²) in [7, 11) is 0. The van der Waals surface area contributed by atoms with Crippen LogP contribution in [0.15, 0.2) is 41.5 Å². The standard InChI is InChI=1S/C19H25ClN6O/c1-19(2,3)14-4-6-15(7-5-14)22-18(24-27)26-12-10-25(11-13-26)17-16(20)8-9-21-23-17/h4-9,27H,10-13H2,1-3H3,(H,22,24). The summed E-state index contributed by atoms with van der Waals surface area (Å²) < 4.78 is 0. The molecule has 2 heterocycles. The molecule has 1 aromatic heterocycles. The van der Waals surface area contributed by atoms with E-state index in [1.807, 2.05) is 17.0 Å². The average molecular weight is 389 g/mol. The molecular weight excluding hydrogens is 364 g/mol. The van der Waals surface area contributed by atoms with Crippen LogP contribution in [0, 0.1) is 0 Å². The van der Waals surface area contributed by atoms with Crippen molar-refractivity contribution in [3.05, 3.63) is 47.1 Å². The zero-order chi connectivity index (χ0) is 19.4. The summed E-state index contributed by atoms with van der Waals surface area (Å²) in [6, 6.07) is 9.81. The first kappa shape index (κ1) is 19.4. The van der Waals surface area contributed by atoms with E-state index in [0.717, 1.165) is 5.69 Å². The van der Waals surface area contributed by atoms with Crippen molar-refractivity contribution in [1.82, 2.24) is 20.6 Å². The molecule has 0 saturated carbocycles. The summed E-state index contributed by atoms with van der Waals surface area (Å²) in [6.45, 7) is 9.31. The minimum Gasteiger partial charge on any atom is -0.350 e. The van der Waals surface area contributed by atoms with Crippen LogP contribution in [0.2, 0.25) is 5.02 Å². The van der Waals surface area contributed by atoms with Crippen molar-refractivity contribution in [1.29, 1.82) is 0 Å². The van der Waals surface area contributed by atoms with Gasteiger partial charge in [0.25, 0.3) is 0 Å². The van der Waals surface area contributed by atoms with Gasteiger partial charge in [-0.05, 0) is 29.2 Å². The molecule has 1 aliphatic heterocycles. The highest BCUT2D eigenvalue weighted by Gasteiger charge is 2.22. The van der Waals surface area contributed by atoms with Crippen LogP contribution < -0.4 is 10.4 Å². The predicted octanol–water partition coefficient (Wildman–Crippen LogP) is 3.22. The van der Waals surface area contributed by atoms with Crippen LogP contribution in [0.4, 0.5) is 11.5 Å². The van der Waals surface area contributed by atoms with Crippen LogP contribution in [0.25, 0.3) is 0 Å². The number of hydrogen-bond donors (Lipinski definition) is 2. The zero-order valence-electron chi connectivity index (χ0n) is 15.9. The first-order valence-corrected chi connectivity index (χ1v) is 9.33. The number of guanidine groups is 1. The van der Waals surface area contributed by atoms with E-state index in [4.69, 9.17) is 11.6 Å². The van der Waals surface area contributed by atoms with Crippen LogP contribution in [0.1, 0.15) is 26.3 Å². The normalized spacial score (nSPS) is 15.8. The summed E-state index contributed by atoms with van der Waals surface area (Å²) in [5.41, 5.74) is 4.37. The molecule has 0 atom stereocenters. The highest BCUT2D eigenvalue weighted by Crippen LogP contribution is 2.25. The molecule has 1 aromatic carbocycles. The Morgan fingerprint density at radius 3 is 2.33 bits per heavy atom. The van der Waals surface area contributed by atoms with E-state index in [2.05, 4.69) is 58.5 Å². The van der Waals surface area contributed by atoms with Gasteiger partial charge >= 0.3 is 0 Å². The maximum absolute atomic E-state index is 9.57. The van der Waals surface area contributed by atoms with Crippen molar-refractivity contribution in [2.75, 3.05) is 31.1 Å². The first-order valence-electron chi connectivity index (χ1n) is 8.95. The number of anilines is 1. The molecule has 0 amide bonds. The number of hydroxylamine groups is 1. The maximum Gasteiger partial charge on any atom is 0.223 e. The number of aliphatic imine (C=N–C) groups is 1. The molecular formula is C19H25ClN6O. The van der Waals surface area contributed by atoms with E-state index >= 15 is 0 Å². The molecule has 0 aliphatic carbocycles. The number of rotatable bonds is 2. The molecule has 0 bridgehead atoms. The van der Waals surface area contributed by atoms with E-state index < -0.39 is 0 Å². The van der Waals surface area contributed by atoms with Crippen molar-refractivity contribution in [3.8, 4) is 0 Å². The van der Waals surface area contributed by atoms with E-state index in [1.165, 1.54) is 5.56 Å². The quantitative estimate of drug-likeness (QED) is 0.467. The van der Waals surface area contributed by atoms with Crippen molar-refractivity contribution in [2.45, 2.75) is 26.2 Å². The lowest BCUT2D eigenvalue weighted by atomic mass is 9.87. The molecule has 0 spiro atoms. The van der Waals surface area contributed by atoms with E-state index in [0.29, 0.717) is 43.0 Å². The third kappa shape index (κ3) is 4.67. The van der Waals surface area contributed by atoms with E-state index in [9.17, 15) is 5.21 Å². The van der Waals surface area contributed by atoms with Gasteiger partial charge in [0.1, 0.15) is 0 Å². The highest BCUT2D eigenvalue weighted by molar-refractivity contribution is 6.32. The van der Waals surface area contributed by atoms with Gasteiger partial charge in [-0.25, -0.2) is 10.5 Å². The second-order valence-electron chi connectivity index (χ2n) is 7.52. The molecule has 0 unspecified atom stereocenters. The Kier molecular flexibility index (Phi) is 5.82. The van der Waals surface area contributed by atoms with Crippen LogP contribution >= 0.6 is 11.6 Å². The van der Waals surface area contributed by atoms with Crippen LogP contribution in [-0.4, -0.2) is 52.4 Å². The second kappa shape index (κ2) is 8.10. The number of benzene rings is 1. The number of piperazine rings is 1. The van der Waals surface area contributed by atoms with Gasteiger partial charge in [0.2, 0.25) is 5.96 Å². The van der Waals surface area contributed by atoms with Gasteiger partial charge in [-0.3, -0.25) is 5.21 Å². The Morgan fingerprint density at radius 1 is 1.11 bits per heavy atom. The van der Waals surface area contributed by atoms with Gasteiger partial charge in [-0.2, -0.15) is 5.10 Å². The zero-order valence-corrected chi connectivity index (χ0v) is 16.6. The Morgan fingerprint density at radius 2 is 1.78 bits per heavy atom. The fraction of sp³-hybridized carbons (Fsp3) is 0.421. The van der Waals surface area contributed by atoms with Gasteiger partial charge in [0, 0.05) is 26.2 Å². The van der Waals surface area contributed by atoms with Crippen LogP contribution in [0.5, 0.6) is 0 Å². The SMILES string of the molecule is CC(C)(C)c1ccc(N=C(NO)N2CCN(c3nnccc3Cl)CC2)cc1. The van der Waals surface area contributed by atoms with E-state index in [1.54, 1.807) is 12.3 Å². The molecule has 1 fully saturated rings. The summed E-state index contributed by atoms with van der Waals surface area (Å²) >= 11 is 6.20. The molecule has 2 N–H and O–H groups in total. The predicted molar refractivity (Wildman–Crippen MR) is 108 cm³/mol. The number of aromatic nitrogens is 2. The van der Waals surface area contributed by atoms with Gasteiger partial charge in [0.05, 0.1) is 16.9 Å². The number of halogens is 1. The van der Waals surface area contributed by atoms with E-state index in [-0.39, 0.29) is 5.41 Å². The fourth-order valence-electron chi connectivity index (χ4n) is 2.98. The molecule has 144 valence electrons. The number of hydrogen-bond acceptors (Lipinski definition) is 5. The first-order chi connectivity index (χ1) is 12.9. The van der Waals surface area contributed by atoms with Gasteiger partial charge < -0.3 is 9.80 Å². The van der Waals surface area contributed by atoms with Gasteiger partial charge in [0.15, 0.2) is 5.82 Å². The Labute approximate surface area is 164 Å². The molecule has 0 radical (unpaired) electrons. The monoisotopic (exact) mass is 388 g/mol. The van der Waals surface area contributed by atoms with Gasteiger partial charge in [-0.15, -0.1) is 5.10 Å². The molecule has 1 saturated heterocycles.